The molecule has 12 heteroatoms. The highest BCUT2D eigenvalue weighted by Gasteiger charge is 2.47. The van der Waals surface area contributed by atoms with Crippen LogP contribution in [0.4, 0.5) is 18.9 Å². The van der Waals surface area contributed by atoms with Crippen molar-refractivity contribution in [1.29, 1.82) is 0 Å². The predicted octanol–water partition coefficient (Wildman–Crippen LogP) is 5.27. The Morgan fingerprint density at radius 1 is 1.00 bits per heavy atom. The summed E-state index contributed by atoms with van der Waals surface area (Å²) in [6.07, 6.45) is -6.17. The van der Waals surface area contributed by atoms with Crippen molar-refractivity contribution < 1.29 is 42.4 Å². The third-order valence-electron chi connectivity index (χ3n) is 8.91. The van der Waals surface area contributed by atoms with Crippen LogP contribution in [0, 0.1) is 0 Å². The molecule has 2 heterocycles. The van der Waals surface area contributed by atoms with Crippen LogP contribution >= 0.6 is 0 Å². The minimum absolute atomic E-state index is 0.0765. The van der Waals surface area contributed by atoms with Gasteiger partial charge in [-0.25, -0.2) is 0 Å². The minimum atomic E-state index is -5.05. The number of ether oxygens (including phenoxy) is 2. The number of likely N-dealkylation sites (tertiary alicyclic amines) is 1. The molecule has 9 nitrogen and oxygen atoms in total. The molecule has 5 rings (SSSR count). The minimum Gasteiger partial charge on any atom is -0.392 e. The van der Waals surface area contributed by atoms with Gasteiger partial charge in [0.1, 0.15) is 6.04 Å². The van der Waals surface area contributed by atoms with Crippen LogP contribution in [0.5, 0.6) is 0 Å². The molecule has 252 valence electrons. The number of nitrogens with zero attached hydrogens (tertiary/aromatic N) is 2. The van der Waals surface area contributed by atoms with Crippen molar-refractivity contribution in [3.8, 4) is 0 Å². The molecule has 2 aliphatic rings. The molecule has 0 aliphatic carbocycles. The fraction of sp³-hybridized carbons (Fsp3) is 0.429. The Kier molecular flexibility index (Phi) is 11.0. The zero-order chi connectivity index (χ0) is 33.7. The smallest absolute Gasteiger partial charge is 0.392 e. The van der Waals surface area contributed by atoms with E-state index in [-0.39, 0.29) is 37.8 Å². The van der Waals surface area contributed by atoms with Crippen molar-refractivity contribution >= 4 is 17.5 Å². The van der Waals surface area contributed by atoms with E-state index >= 15 is 0 Å². The fourth-order valence-corrected chi connectivity index (χ4v) is 6.08. The number of halogens is 3. The third kappa shape index (κ3) is 8.38. The number of alkyl halides is 3. The number of aliphatic hydroxyl groups excluding tert-OH is 2. The molecule has 2 saturated heterocycles. The number of aliphatic hydroxyl groups is 2. The summed E-state index contributed by atoms with van der Waals surface area (Å²) >= 11 is 0. The quantitative estimate of drug-likeness (QED) is 0.273. The molecule has 3 aromatic carbocycles. The molecule has 0 bridgehead atoms. The number of hydrogen-bond donors (Lipinski definition) is 3. The maximum absolute atomic E-state index is 13.0. The number of carbonyl (C=O) groups excluding carboxylic acids is 2. The van der Waals surface area contributed by atoms with Gasteiger partial charge in [-0.15, -0.1) is 0 Å². The van der Waals surface area contributed by atoms with Crippen molar-refractivity contribution in [2.45, 2.75) is 75.7 Å². The molecule has 0 aromatic heterocycles. The van der Waals surface area contributed by atoms with Gasteiger partial charge in [0.05, 0.1) is 24.9 Å². The summed E-state index contributed by atoms with van der Waals surface area (Å²) in [4.78, 5) is 27.3. The zero-order valence-electron chi connectivity index (χ0n) is 26.3. The molecule has 0 radical (unpaired) electrons. The molecular weight excluding hydrogens is 615 g/mol. The van der Waals surface area contributed by atoms with Crippen LogP contribution < -0.4 is 5.32 Å². The van der Waals surface area contributed by atoms with Gasteiger partial charge in [-0.2, -0.15) is 13.2 Å². The lowest BCUT2D eigenvalue weighted by atomic mass is 9.98. The summed E-state index contributed by atoms with van der Waals surface area (Å²) in [5, 5.41) is 23.1. The van der Waals surface area contributed by atoms with Gasteiger partial charge in [0, 0.05) is 36.8 Å². The molecule has 2 fully saturated rings. The number of hydrogen-bond acceptors (Lipinski definition) is 7. The van der Waals surface area contributed by atoms with Crippen LogP contribution in [0.15, 0.2) is 78.9 Å². The number of likely N-dealkylation sites (N-methyl/N-ethyl adjacent to an activating group) is 1. The first-order valence-electron chi connectivity index (χ1n) is 15.7. The van der Waals surface area contributed by atoms with Gasteiger partial charge in [-0.05, 0) is 55.6 Å². The number of amides is 2. The van der Waals surface area contributed by atoms with Gasteiger partial charge in [0.2, 0.25) is 5.91 Å². The van der Waals surface area contributed by atoms with Crippen LogP contribution in [-0.2, 0) is 25.7 Å². The number of carbonyl (C=O) groups is 2. The van der Waals surface area contributed by atoms with E-state index in [1.807, 2.05) is 73.5 Å². The van der Waals surface area contributed by atoms with Gasteiger partial charge in [0.15, 0.2) is 6.29 Å². The van der Waals surface area contributed by atoms with E-state index in [1.54, 1.807) is 24.3 Å². The fourth-order valence-electron chi connectivity index (χ4n) is 6.08. The van der Waals surface area contributed by atoms with Gasteiger partial charge in [0.25, 0.3) is 0 Å². The van der Waals surface area contributed by atoms with Crippen LogP contribution in [0.1, 0.15) is 66.9 Å². The maximum atomic E-state index is 13.0. The largest absolute Gasteiger partial charge is 0.471 e. The molecule has 0 spiro atoms. The molecular formula is C35H40F3N3O6. The first kappa shape index (κ1) is 34.5. The van der Waals surface area contributed by atoms with Crippen molar-refractivity contribution in [2.24, 2.45) is 0 Å². The summed E-state index contributed by atoms with van der Waals surface area (Å²) in [5.41, 5.74) is 3.54. The highest BCUT2D eigenvalue weighted by atomic mass is 19.4. The SMILES string of the molecule is CC(C(O)c1ccccc1)N(C)CC1CC(c2ccc(CO)cc2)OC(c2ccc(NC(=O)C3CCCN3C(=O)C(F)(F)F)cc2)O1. The van der Waals surface area contributed by atoms with Crippen molar-refractivity contribution in [2.75, 3.05) is 25.5 Å². The average Bonchev–Trinajstić information content (AvgIpc) is 3.57. The highest BCUT2D eigenvalue weighted by Crippen LogP contribution is 2.39. The summed E-state index contributed by atoms with van der Waals surface area (Å²) in [5.74, 6) is -2.69. The van der Waals surface area contributed by atoms with E-state index in [4.69, 9.17) is 9.47 Å². The normalized spacial score (nSPS) is 23.0. The number of benzene rings is 3. The Morgan fingerprint density at radius 2 is 1.66 bits per heavy atom. The van der Waals surface area contributed by atoms with E-state index in [2.05, 4.69) is 5.32 Å². The molecule has 2 aliphatic heterocycles. The van der Waals surface area contributed by atoms with Crippen molar-refractivity contribution in [3.63, 3.8) is 0 Å². The second-order valence-electron chi connectivity index (χ2n) is 12.2. The Balaban J connectivity index is 1.29. The topological polar surface area (TPSA) is 112 Å². The van der Waals surface area contributed by atoms with E-state index < -0.39 is 36.4 Å². The molecule has 6 atom stereocenters. The first-order chi connectivity index (χ1) is 22.4. The van der Waals surface area contributed by atoms with E-state index in [9.17, 15) is 33.0 Å². The summed E-state index contributed by atoms with van der Waals surface area (Å²) in [6.45, 7) is 2.25. The Morgan fingerprint density at radius 3 is 2.30 bits per heavy atom. The van der Waals surface area contributed by atoms with Crippen LogP contribution in [-0.4, -0.2) is 76.3 Å². The molecule has 3 aromatic rings. The molecule has 3 N–H and O–H groups in total. The second-order valence-corrected chi connectivity index (χ2v) is 12.2. The van der Waals surface area contributed by atoms with E-state index in [0.717, 1.165) is 16.7 Å². The predicted molar refractivity (Wildman–Crippen MR) is 168 cm³/mol. The number of nitrogens with one attached hydrogen (secondary N) is 1. The molecule has 2 amide bonds. The Labute approximate surface area is 271 Å². The summed E-state index contributed by atoms with van der Waals surface area (Å²) < 4.78 is 51.9. The van der Waals surface area contributed by atoms with Crippen LogP contribution in [0.3, 0.4) is 0 Å². The second kappa shape index (κ2) is 15.0. The van der Waals surface area contributed by atoms with Crippen molar-refractivity contribution in [3.05, 3.63) is 101 Å². The zero-order valence-corrected chi connectivity index (χ0v) is 26.3. The lowest BCUT2D eigenvalue weighted by Gasteiger charge is -2.39. The summed E-state index contributed by atoms with van der Waals surface area (Å²) in [6, 6.07) is 22.2. The van der Waals surface area contributed by atoms with E-state index in [1.165, 1.54) is 0 Å². The van der Waals surface area contributed by atoms with Gasteiger partial charge < -0.3 is 29.9 Å². The van der Waals surface area contributed by atoms with Gasteiger partial charge in [-0.3, -0.25) is 14.5 Å². The monoisotopic (exact) mass is 655 g/mol. The molecule has 47 heavy (non-hydrogen) atoms. The Hall–Kier alpha value is -3.81. The number of rotatable bonds is 10. The van der Waals surface area contributed by atoms with Crippen LogP contribution in [0.2, 0.25) is 0 Å². The number of anilines is 1. The van der Waals surface area contributed by atoms with Gasteiger partial charge >= 0.3 is 12.1 Å². The highest BCUT2D eigenvalue weighted by molar-refractivity contribution is 5.98. The Bertz CT molecular complexity index is 1490. The standard InChI is InChI=1S/C35H40F3N3O6/c1-22(31(43)25-7-4-3-5-8-25)40(2)20-28-19-30(24-12-10-23(21-42)11-13-24)47-33(46-28)26-14-16-27(17-15-26)39-32(44)29-9-6-18-41(29)34(45)35(36,37)38/h3-5,7-8,10-17,22,28-31,33,42-43H,6,9,18-21H2,1-2H3,(H,39,44). The molecule has 0 saturated carbocycles. The lowest BCUT2D eigenvalue weighted by Crippen LogP contribution is -2.48. The first-order valence-corrected chi connectivity index (χ1v) is 15.7. The van der Waals surface area contributed by atoms with Crippen molar-refractivity contribution in [1.82, 2.24) is 9.80 Å². The maximum Gasteiger partial charge on any atom is 0.471 e. The van der Waals surface area contributed by atoms with E-state index in [0.29, 0.717) is 35.5 Å². The average molecular weight is 656 g/mol. The van der Waals surface area contributed by atoms with Gasteiger partial charge in [-0.1, -0.05) is 66.7 Å². The summed E-state index contributed by atoms with van der Waals surface area (Å²) in [7, 11) is 1.93. The lowest BCUT2D eigenvalue weighted by molar-refractivity contribution is -0.253. The third-order valence-corrected chi connectivity index (χ3v) is 8.91. The van der Waals surface area contributed by atoms with Crippen LogP contribution in [0.25, 0.3) is 0 Å². The molecule has 6 unspecified atom stereocenters.